The second-order valence-electron chi connectivity index (χ2n) is 7.21. The average molecular weight is 381 g/mol. The molecule has 1 unspecified atom stereocenters. The SMILES string of the molecule is O=C(c1cccc(S(=O)(=O)NCC2(O)CCNC2)c1)N1CCCCCC1. The number of hydrogen-bond donors (Lipinski definition) is 3. The highest BCUT2D eigenvalue weighted by atomic mass is 32.2. The molecule has 8 heteroatoms. The third-order valence-electron chi connectivity index (χ3n) is 5.10. The number of β-amino-alcohol motifs (C(OH)–C–C–N with tert-alkyl or cyclic N) is 1. The van der Waals surface area contributed by atoms with Gasteiger partial charge in [-0.3, -0.25) is 4.79 Å². The first-order valence-corrected chi connectivity index (χ1v) is 10.7. The molecule has 1 aromatic rings. The second kappa shape index (κ2) is 8.04. The molecule has 2 heterocycles. The molecule has 0 bridgehead atoms. The zero-order valence-corrected chi connectivity index (χ0v) is 15.7. The third-order valence-corrected chi connectivity index (χ3v) is 6.50. The van der Waals surface area contributed by atoms with Crippen molar-refractivity contribution in [3.05, 3.63) is 29.8 Å². The minimum Gasteiger partial charge on any atom is -0.387 e. The number of sulfonamides is 1. The summed E-state index contributed by atoms with van der Waals surface area (Å²) in [6.07, 6.45) is 4.72. The van der Waals surface area contributed by atoms with E-state index in [-0.39, 0.29) is 17.3 Å². The van der Waals surface area contributed by atoms with Crippen LogP contribution >= 0.6 is 0 Å². The van der Waals surface area contributed by atoms with E-state index < -0.39 is 15.6 Å². The highest BCUT2D eigenvalue weighted by molar-refractivity contribution is 7.89. The molecule has 2 aliphatic heterocycles. The van der Waals surface area contributed by atoms with Crippen molar-refractivity contribution in [2.75, 3.05) is 32.7 Å². The smallest absolute Gasteiger partial charge is 0.253 e. The first-order chi connectivity index (χ1) is 12.4. The van der Waals surface area contributed by atoms with Gasteiger partial charge >= 0.3 is 0 Å². The quantitative estimate of drug-likeness (QED) is 0.698. The van der Waals surface area contributed by atoms with Crippen molar-refractivity contribution in [1.29, 1.82) is 0 Å². The van der Waals surface area contributed by atoms with Crippen LogP contribution in [0.4, 0.5) is 0 Å². The van der Waals surface area contributed by atoms with Crippen molar-refractivity contribution in [2.24, 2.45) is 0 Å². The van der Waals surface area contributed by atoms with Gasteiger partial charge in [-0.2, -0.15) is 0 Å². The normalized spacial score (nSPS) is 24.4. The van der Waals surface area contributed by atoms with Gasteiger partial charge in [0.05, 0.1) is 10.5 Å². The van der Waals surface area contributed by atoms with Crippen LogP contribution in [-0.4, -0.2) is 62.7 Å². The predicted octanol–water partition coefficient (Wildman–Crippen LogP) is 0.706. The Bertz CT molecular complexity index is 737. The highest BCUT2D eigenvalue weighted by Crippen LogP contribution is 2.18. The van der Waals surface area contributed by atoms with E-state index >= 15 is 0 Å². The van der Waals surface area contributed by atoms with E-state index in [1.807, 2.05) is 0 Å². The zero-order valence-electron chi connectivity index (χ0n) is 14.9. The molecule has 0 aliphatic carbocycles. The largest absolute Gasteiger partial charge is 0.387 e. The fraction of sp³-hybridized carbons (Fsp3) is 0.611. The Labute approximate surface area is 154 Å². The number of aliphatic hydroxyl groups is 1. The molecule has 0 radical (unpaired) electrons. The van der Waals surface area contributed by atoms with Gasteiger partial charge in [0.1, 0.15) is 0 Å². The molecule has 1 amide bonds. The van der Waals surface area contributed by atoms with Crippen molar-refractivity contribution in [3.63, 3.8) is 0 Å². The molecule has 144 valence electrons. The summed E-state index contributed by atoms with van der Waals surface area (Å²) >= 11 is 0. The van der Waals surface area contributed by atoms with Crippen LogP contribution < -0.4 is 10.0 Å². The number of rotatable bonds is 5. The van der Waals surface area contributed by atoms with Gasteiger partial charge in [0.25, 0.3) is 5.91 Å². The highest BCUT2D eigenvalue weighted by Gasteiger charge is 2.32. The van der Waals surface area contributed by atoms with Gasteiger partial charge in [0.15, 0.2) is 0 Å². The second-order valence-corrected chi connectivity index (χ2v) is 8.98. The van der Waals surface area contributed by atoms with Crippen LogP contribution in [0, 0.1) is 0 Å². The maximum atomic E-state index is 12.7. The van der Waals surface area contributed by atoms with Crippen molar-refractivity contribution in [3.8, 4) is 0 Å². The Morgan fingerprint density at radius 3 is 2.62 bits per heavy atom. The van der Waals surface area contributed by atoms with Gasteiger partial charge in [-0.1, -0.05) is 18.9 Å². The predicted molar refractivity (Wildman–Crippen MR) is 98.4 cm³/mol. The van der Waals surface area contributed by atoms with Gasteiger partial charge in [-0.15, -0.1) is 0 Å². The lowest BCUT2D eigenvalue weighted by atomic mass is 10.1. The van der Waals surface area contributed by atoms with Crippen LogP contribution in [0.5, 0.6) is 0 Å². The van der Waals surface area contributed by atoms with E-state index in [4.69, 9.17) is 0 Å². The summed E-state index contributed by atoms with van der Waals surface area (Å²) in [5.74, 6) is -0.123. The first kappa shape index (κ1) is 19.3. The molecule has 2 saturated heterocycles. The Kier molecular flexibility index (Phi) is 5.96. The van der Waals surface area contributed by atoms with Gasteiger partial charge in [0, 0.05) is 31.7 Å². The molecule has 0 aromatic heterocycles. The number of amides is 1. The monoisotopic (exact) mass is 381 g/mol. The zero-order chi connectivity index (χ0) is 18.6. The van der Waals surface area contributed by atoms with E-state index in [0.717, 1.165) is 25.7 Å². The molecule has 1 atom stereocenters. The van der Waals surface area contributed by atoms with Crippen molar-refractivity contribution >= 4 is 15.9 Å². The molecule has 26 heavy (non-hydrogen) atoms. The molecular formula is C18H27N3O4S. The minimum atomic E-state index is -3.79. The lowest BCUT2D eigenvalue weighted by Crippen LogP contribution is -2.44. The van der Waals surface area contributed by atoms with E-state index in [2.05, 4.69) is 10.0 Å². The summed E-state index contributed by atoms with van der Waals surface area (Å²) in [4.78, 5) is 14.6. The number of carbonyl (C=O) groups is 1. The van der Waals surface area contributed by atoms with E-state index in [0.29, 0.717) is 38.2 Å². The van der Waals surface area contributed by atoms with Crippen molar-refractivity contribution in [1.82, 2.24) is 14.9 Å². The Hall–Kier alpha value is -1.48. The van der Waals surface area contributed by atoms with Crippen LogP contribution in [0.3, 0.4) is 0 Å². The summed E-state index contributed by atoms with van der Waals surface area (Å²) in [5.41, 5.74) is -0.678. The molecule has 0 spiro atoms. The van der Waals surface area contributed by atoms with E-state index in [1.165, 1.54) is 12.1 Å². The molecule has 3 N–H and O–H groups in total. The standard InChI is InChI=1S/C18H27N3O4S/c22-17(21-10-3-1-2-4-11-21)15-6-5-7-16(12-15)26(24,25)20-14-18(23)8-9-19-13-18/h5-7,12,19-20,23H,1-4,8-11,13-14H2. The van der Waals surface area contributed by atoms with Crippen LogP contribution in [0.2, 0.25) is 0 Å². The average Bonchev–Trinajstić information content (AvgIpc) is 2.90. The molecule has 2 aliphatic rings. The third kappa shape index (κ3) is 4.62. The number of hydrogen-bond acceptors (Lipinski definition) is 5. The number of likely N-dealkylation sites (tertiary alicyclic amines) is 1. The topological polar surface area (TPSA) is 98.7 Å². The maximum absolute atomic E-state index is 12.7. The van der Waals surface area contributed by atoms with Gasteiger partial charge in [-0.25, -0.2) is 13.1 Å². The summed E-state index contributed by atoms with van der Waals surface area (Å²) in [7, 11) is -3.79. The summed E-state index contributed by atoms with van der Waals surface area (Å²) in [6, 6.07) is 6.14. The minimum absolute atomic E-state index is 0.0488. The Morgan fingerprint density at radius 2 is 1.96 bits per heavy atom. The fourth-order valence-electron chi connectivity index (χ4n) is 3.45. The number of carbonyl (C=O) groups excluding carboxylic acids is 1. The molecular weight excluding hydrogens is 354 g/mol. The summed E-state index contributed by atoms with van der Waals surface area (Å²) in [5, 5.41) is 13.3. The fourth-order valence-corrected chi connectivity index (χ4v) is 4.61. The van der Waals surface area contributed by atoms with Crippen molar-refractivity contribution < 1.29 is 18.3 Å². The van der Waals surface area contributed by atoms with Crippen molar-refractivity contribution in [2.45, 2.75) is 42.6 Å². The van der Waals surface area contributed by atoms with Gasteiger partial charge in [0.2, 0.25) is 10.0 Å². The van der Waals surface area contributed by atoms with Crippen LogP contribution in [0.25, 0.3) is 0 Å². The van der Waals surface area contributed by atoms with E-state index in [9.17, 15) is 18.3 Å². The molecule has 1 aromatic carbocycles. The number of nitrogens with zero attached hydrogens (tertiary/aromatic N) is 1. The molecule has 0 saturated carbocycles. The number of benzene rings is 1. The Morgan fingerprint density at radius 1 is 1.23 bits per heavy atom. The summed E-state index contributed by atoms with van der Waals surface area (Å²) in [6.45, 7) is 2.41. The maximum Gasteiger partial charge on any atom is 0.253 e. The molecule has 7 nitrogen and oxygen atoms in total. The van der Waals surface area contributed by atoms with Gasteiger partial charge in [-0.05, 0) is 44.0 Å². The first-order valence-electron chi connectivity index (χ1n) is 9.22. The molecule has 2 fully saturated rings. The lowest BCUT2D eigenvalue weighted by molar-refractivity contribution is 0.0667. The molecule has 3 rings (SSSR count). The Balaban J connectivity index is 1.72. The van der Waals surface area contributed by atoms with Crippen LogP contribution in [-0.2, 0) is 10.0 Å². The van der Waals surface area contributed by atoms with E-state index in [1.54, 1.807) is 17.0 Å². The lowest BCUT2D eigenvalue weighted by Gasteiger charge is -2.22. The van der Waals surface area contributed by atoms with Gasteiger partial charge < -0.3 is 15.3 Å². The van der Waals surface area contributed by atoms with Crippen LogP contribution in [0.1, 0.15) is 42.5 Å². The number of nitrogens with one attached hydrogen (secondary N) is 2. The van der Waals surface area contributed by atoms with Crippen LogP contribution in [0.15, 0.2) is 29.2 Å². The summed E-state index contributed by atoms with van der Waals surface area (Å²) < 4.78 is 27.6.